The summed E-state index contributed by atoms with van der Waals surface area (Å²) >= 11 is 0. The van der Waals surface area contributed by atoms with Gasteiger partial charge in [-0.05, 0) is 97.5 Å². The molecule has 62 heavy (non-hydrogen) atoms. The summed E-state index contributed by atoms with van der Waals surface area (Å²) in [5, 5.41) is 15.2. The number of aromatic nitrogens is 1. The zero-order chi connectivity index (χ0) is 40.7. The molecule has 0 radical (unpaired) electrons. The predicted molar refractivity (Wildman–Crippen MR) is 258 cm³/mol. The lowest BCUT2D eigenvalue weighted by Gasteiger charge is -2.24. The molecule has 1 aliphatic heterocycles. The number of fused-ring (bicyclic) bond motifs is 9. The molecule has 0 saturated carbocycles. The smallest absolute Gasteiger partial charge is 0.160 e. The van der Waals surface area contributed by atoms with Crippen molar-refractivity contribution in [2.45, 2.75) is 6.17 Å². The molecular weight excluding hydrogens is 757 g/mol. The van der Waals surface area contributed by atoms with E-state index in [9.17, 15) is 0 Å². The first-order valence-corrected chi connectivity index (χ1v) is 21.1. The molecule has 1 aliphatic rings. The molecule has 2 aromatic heterocycles. The lowest BCUT2D eigenvalue weighted by atomic mass is 10.0. The van der Waals surface area contributed by atoms with Crippen molar-refractivity contribution >= 4 is 87.7 Å². The summed E-state index contributed by atoms with van der Waals surface area (Å²) < 4.78 is 9.56. The molecule has 290 valence electrons. The van der Waals surface area contributed by atoms with Crippen molar-refractivity contribution in [3.8, 4) is 16.8 Å². The van der Waals surface area contributed by atoms with Crippen LogP contribution in [0.2, 0.25) is 0 Å². The molecule has 5 heteroatoms. The lowest BCUT2D eigenvalue weighted by Crippen LogP contribution is -2.33. The second-order valence-corrected chi connectivity index (χ2v) is 16.2. The highest BCUT2D eigenvalue weighted by molar-refractivity contribution is 6.25. The van der Waals surface area contributed by atoms with Crippen LogP contribution in [-0.4, -0.2) is 16.2 Å². The molecule has 0 spiro atoms. The topological polar surface area (TPSA) is 54.8 Å². The van der Waals surface area contributed by atoms with Crippen molar-refractivity contribution in [2.75, 3.05) is 0 Å². The molecule has 3 heterocycles. The number of benzene rings is 10. The molecule has 0 fully saturated rings. The van der Waals surface area contributed by atoms with E-state index in [1.807, 2.05) is 12.1 Å². The molecule has 1 N–H and O–H groups in total. The third kappa shape index (κ3) is 5.49. The summed E-state index contributed by atoms with van der Waals surface area (Å²) in [7, 11) is 0. The molecule has 5 nitrogen and oxygen atoms in total. The predicted octanol–water partition coefficient (Wildman–Crippen LogP) is 14.3. The van der Waals surface area contributed by atoms with Crippen molar-refractivity contribution in [2.24, 2.45) is 9.98 Å². The largest absolute Gasteiger partial charge is 0.454 e. The Morgan fingerprint density at radius 2 is 0.952 bits per heavy atom. The molecule has 10 aromatic carbocycles. The van der Waals surface area contributed by atoms with E-state index in [0.717, 1.165) is 77.5 Å². The van der Waals surface area contributed by atoms with Gasteiger partial charge >= 0.3 is 0 Å². The van der Waals surface area contributed by atoms with Gasteiger partial charge in [0.2, 0.25) is 0 Å². The number of nitrogens with zero attached hydrogens (tertiary/aromatic N) is 3. The summed E-state index contributed by atoms with van der Waals surface area (Å²) in [5.41, 5.74) is 10.1. The monoisotopic (exact) mass is 792 g/mol. The number of furan rings is 1. The van der Waals surface area contributed by atoms with E-state index >= 15 is 0 Å². The molecule has 1 atom stereocenters. The minimum absolute atomic E-state index is 0.361. The highest BCUT2D eigenvalue weighted by Crippen LogP contribution is 2.43. The van der Waals surface area contributed by atoms with Crippen LogP contribution >= 0.6 is 0 Å². The van der Waals surface area contributed by atoms with Crippen molar-refractivity contribution in [1.29, 1.82) is 0 Å². The SMILES string of the molecule is c1ccc(-c2ccc(C3=NC(c4ccc(-n5c6cc7ccccc7cc6c6cc7ccccc7cc65)c5oc6cc7ccccc7cc6c45)=NC(c4ccccc4)N3)cc2)cc1. The van der Waals surface area contributed by atoms with Crippen LogP contribution in [0.5, 0.6) is 0 Å². The van der Waals surface area contributed by atoms with E-state index in [4.69, 9.17) is 14.4 Å². The van der Waals surface area contributed by atoms with Gasteiger partial charge in [0.1, 0.15) is 17.6 Å². The Labute approximate surface area is 356 Å². The Balaban J connectivity index is 1.09. The Morgan fingerprint density at radius 1 is 0.452 bits per heavy atom. The average Bonchev–Trinajstić information content (AvgIpc) is 3.86. The van der Waals surface area contributed by atoms with E-state index in [1.165, 1.54) is 37.9 Å². The van der Waals surface area contributed by atoms with Gasteiger partial charge in [0.25, 0.3) is 0 Å². The molecular formula is C57H36N4O. The number of nitrogens with one attached hydrogen (secondary N) is 1. The van der Waals surface area contributed by atoms with Crippen LogP contribution < -0.4 is 5.32 Å². The van der Waals surface area contributed by atoms with Crippen molar-refractivity contribution in [3.63, 3.8) is 0 Å². The van der Waals surface area contributed by atoms with Crippen molar-refractivity contribution < 1.29 is 4.42 Å². The number of rotatable bonds is 5. The van der Waals surface area contributed by atoms with Gasteiger partial charge in [-0.2, -0.15) is 0 Å². The van der Waals surface area contributed by atoms with Gasteiger partial charge in [-0.25, -0.2) is 9.98 Å². The van der Waals surface area contributed by atoms with E-state index < -0.39 is 0 Å². The third-order valence-corrected chi connectivity index (χ3v) is 12.6. The molecule has 0 amide bonds. The third-order valence-electron chi connectivity index (χ3n) is 12.6. The molecule has 12 aromatic rings. The highest BCUT2D eigenvalue weighted by atomic mass is 16.3. The Bertz CT molecular complexity index is 3730. The van der Waals surface area contributed by atoms with Crippen LogP contribution in [0.1, 0.15) is 22.9 Å². The average molecular weight is 793 g/mol. The summed E-state index contributed by atoms with van der Waals surface area (Å²) in [5.74, 6) is 1.41. The summed E-state index contributed by atoms with van der Waals surface area (Å²) in [6.45, 7) is 0. The fourth-order valence-electron chi connectivity index (χ4n) is 9.53. The van der Waals surface area contributed by atoms with Gasteiger partial charge in [0.15, 0.2) is 11.4 Å². The Morgan fingerprint density at radius 3 is 1.56 bits per heavy atom. The lowest BCUT2D eigenvalue weighted by molar-refractivity contribution is 0.666. The fraction of sp³-hybridized carbons (Fsp3) is 0.0175. The normalized spacial score (nSPS) is 14.3. The number of aliphatic imine (C=N–C) groups is 2. The van der Waals surface area contributed by atoms with Crippen LogP contribution in [-0.2, 0) is 0 Å². The number of amidine groups is 2. The van der Waals surface area contributed by atoms with E-state index in [0.29, 0.717) is 5.84 Å². The number of hydrogen-bond donors (Lipinski definition) is 1. The number of hydrogen-bond acceptors (Lipinski definition) is 4. The quantitative estimate of drug-likeness (QED) is 0.189. The van der Waals surface area contributed by atoms with E-state index in [2.05, 4.69) is 204 Å². The first-order valence-electron chi connectivity index (χ1n) is 21.1. The van der Waals surface area contributed by atoms with Crippen molar-refractivity contribution in [1.82, 2.24) is 9.88 Å². The van der Waals surface area contributed by atoms with Gasteiger partial charge in [-0.3, -0.25) is 0 Å². The highest BCUT2D eigenvalue weighted by Gasteiger charge is 2.26. The summed E-state index contributed by atoms with van der Waals surface area (Å²) in [6.07, 6.45) is -0.361. The first kappa shape index (κ1) is 34.6. The Hall–Kier alpha value is -8.28. The Kier molecular flexibility index (Phi) is 7.60. The molecule has 13 rings (SSSR count). The molecule has 0 saturated heterocycles. The van der Waals surface area contributed by atoms with E-state index in [-0.39, 0.29) is 6.17 Å². The molecule has 0 aliphatic carbocycles. The van der Waals surface area contributed by atoms with Gasteiger partial charge in [0.05, 0.1) is 16.7 Å². The minimum atomic E-state index is -0.361. The van der Waals surface area contributed by atoms with Crippen LogP contribution in [0.4, 0.5) is 0 Å². The van der Waals surface area contributed by atoms with Crippen LogP contribution in [0.3, 0.4) is 0 Å². The van der Waals surface area contributed by atoms with Crippen LogP contribution in [0, 0.1) is 0 Å². The van der Waals surface area contributed by atoms with Gasteiger partial charge in [0, 0.05) is 32.7 Å². The maximum Gasteiger partial charge on any atom is 0.160 e. The second kappa shape index (κ2) is 13.6. The second-order valence-electron chi connectivity index (χ2n) is 16.2. The van der Waals surface area contributed by atoms with Crippen molar-refractivity contribution in [3.05, 3.63) is 223 Å². The van der Waals surface area contributed by atoms with Gasteiger partial charge in [-0.15, -0.1) is 0 Å². The fourth-order valence-corrected chi connectivity index (χ4v) is 9.53. The maximum atomic E-state index is 7.16. The minimum Gasteiger partial charge on any atom is -0.454 e. The standard InChI is InChI=1S/C57H36N4O/c1-3-13-35(14-4-1)36-23-25-38(26-24-36)56-58-55(37-15-5-2-6-16-37)59-57(60-56)45-27-28-49(54-53(45)48-31-41-19-9-12-22-44(41)34-52(48)62-54)61-50-32-42-20-10-7-17-39(42)29-46(50)47-30-40-18-8-11-21-43(40)33-51(47)61/h1-34,55H,(H,58,59,60). The first-order chi connectivity index (χ1) is 30.7. The summed E-state index contributed by atoms with van der Waals surface area (Å²) in [4.78, 5) is 10.8. The van der Waals surface area contributed by atoms with Gasteiger partial charge < -0.3 is 14.3 Å². The zero-order valence-corrected chi connectivity index (χ0v) is 33.5. The van der Waals surface area contributed by atoms with E-state index in [1.54, 1.807) is 0 Å². The van der Waals surface area contributed by atoms with Gasteiger partial charge in [-0.1, -0.05) is 158 Å². The molecule has 0 bridgehead atoms. The zero-order valence-electron chi connectivity index (χ0n) is 33.5. The summed E-state index contributed by atoms with van der Waals surface area (Å²) in [6, 6.07) is 73.4. The van der Waals surface area contributed by atoms with Crippen LogP contribution in [0.15, 0.2) is 221 Å². The molecule has 1 unspecified atom stereocenters. The maximum absolute atomic E-state index is 7.16. The van der Waals surface area contributed by atoms with Crippen LogP contribution in [0.25, 0.3) is 92.9 Å².